The molecule has 0 aliphatic rings. The second-order valence-electron chi connectivity index (χ2n) is 5.47. The van der Waals surface area contributed by atoms with Crippen LogP contribution < -0.4 is 11.1 Å². The molecular weight excluding hydrogens is 344 g/mol. The number of carbonyl (C=O) groups is 2. The van der Waals surface area contributed by atoms with Crippen molar-refractivity contribution in [2.45, 2.75) is 13.8 Å². The molecule has 0 heterocycles. The molecular formula is C16H14N4O6. The van der Waals surface area contributed by atoms with Gasteiger partial charge in [-0.15, -0.1) is 0 Å². The van der Waals surface area contributed by atoms with Crippen LogP contribution in [0.25, 0.3) is 0 Å². The fourth-order valence-electron chi connectivity index (χ4n) is 2.50. The zero-order valence-electron chi connectivity index (χ0n) is 13.8. The Bertz CT molecular complexity index is 954. The van der Waals surface area contributed by atoms with E-state index in [1.165, 1.54) is 13.0 Å². The van der Waals surface area contributed by atoms with Gasteiger partial charge in [0.15, 0.2) is 0 Å². The number of nitro benzene ring substituents is 2. The average molecular weight is 358 g/mol. The van der Waals surface area contributed by atoms with Crippen LogP contribution in [0.2, 0.25) is 0 Å². The lowest BCUT2D eigenvalue weighted by atomic mass is 10.0. The van der Waals surface area contributed by atoms with E-state index in [-0.39, 0.29) is 22.4 Å². The molecule has 0 fully saturated rings. The van der Waals surface area contributed by atoms with Crippen LogP contribution in [0.4, 0.5) is 17.1 Å². The van der Waals surface area contributed by atoms with Gasteiger partial charge in [0.2, 0.25) is 0 Å². The van der Waals surface area contributed by atoms with Gasteiger partial charge in [-0.1, -0.05) is 12.1 Å². The number of amides is 2. The van der Waals surface area contributed by atoms with Crippen molar-refractivity contribution in [3.8, 4) is 0 Å². The fraction of sp³-hybridized carbons (Fsp3) is 0.125. The highest BCUT2D eigenvalue weighted by Gasteiger charge is 2.25. The maximum absolute atomic E-state index is 12.6. The van der Waals surface area contributed by atoms with E-state index >= 15 is 0 Å². The maximum Gasteiger partial charge on any atom is 0.279 e. The van der Waals surface area contributed by atoms with Crippen LogP contribution in [0.3, 0.4) is 0 Å². The van der Waals surface area contributed by atoms with Gasteiger partial charge >= 0.3 is 0 Å². The van der Waals surface area contributed by atoms with Crippen LogP contribution >= 0.6 is 0 Å². The Balaban J connectivity index is 2.55. The minimum Gasteiger partial charge on any atom is -0.366 e. The number of nitrogens with two attached hydrogens (primary N) is 1. The number of aryl methyl sites for hydroxylation is 1. The zero-order valence-corrected chi connectivity index (χ0v) is 13.8. The second-order valence-corrected chi connectivity index (χ2v) is 5.47. The Hall–Kier alpha value is -3.82. The van der Waals surface area contributed by atoms with Gasteiger partial charge in [0.05, 0.1) is 32.7 Å². The van der Waals surface area contributed by atoms with Crippen LogP contribution in [-0.4, -0.2) is 21.7 Å². The predicted molar refractivity (Wildman–Crippen MR) is 92.1 cm³/mol. The SMILES string of the molecule is Cc1cccc(NC(=O)c2cc([N+](=O)[O-])cc([N+](=O)[O-])c2C)c1C(N)=O. The lowest BCUT2D eigenvalue weighted by Gasteiger charge is -2.12. The number of nitrogens with zero attached hydrogens (tertiary/aromatic N) is 2. The normalized spacial score (nSPS) is 10.2. The number of hydrogen-bond acceptors (Lipinski definition) is 6. The van der Waals surface area contributed by atoms with Crippen molar-refractivity contribution in [3.05, 3.63) is 72.8 Å². The summed E-state index contributed by atoms with van der Waals surface area (Å²) in [6.45, 7) is 2.93. The first-order valence-electron chi connectivity index (χ1n) is 7.27. The molecule has 2 aromatic rings. The number of primary amides is 1. The van der Waals surface area contributed by atoms with Crippen LogP contribution in [0.1, 0.15) is 31.8 Å². The van der Waals surface area contributed by atoms with Gasteiger partial charge in [0.25, 0.3) is 23.2 Å². The molecule has 3 N–H and O–H groups in total. The zero-order chi connectivity index (χ0) is 19.6. The summed E-state index contributed by atoms with van der Waals surface area (Å²) in [5.41, 5.74) is 4.61. The molecule has 0 aromatic heterocycles. The average Bonchev–Trinajstić information content (AvgIpc) is 2.53. The first-order valence-corrected chi connectivity index (χ1v) is 7.27. The third-order valence-electron chi connectivity index (χ3n) is 3.78. The van der Waals surface area contributed by atoms with Crippen LogP contribution in [0.15, 0.2) is 30.3 Å². The van der Waals surface area contributed by atoms with Gasteiger partial charge in [-0.05, 0) is 25.5 Å². The van der Waals surface area contributed by atoms with Gasteiger partial charge in [0.1, 0.15) is 0 Å². The van der Waals surface area contributed by atoms with Crippen molar-refractivity contribution in [3.63, 3.8) is 0 Å². The van der Waals surface area contributed by atoms with Gasteiger partial charge in [-0.25, -0.2) is 0 Å². The Labute approximate surface area is 146 Å². The summed E-state index contributed by atoms with van der Waals surface area (Å²) in [7, 11) is 0. The van der Waals surface area contributed by atoms with E-state index in [2.05, 4.69) is 5.32 Å². The molecule has 0 unspecified atom stereocenters. The monoisotopic (exact) mass is 358 g/mol. The molecule has 0 saturated heterocycles. The van der Waals surface area contributed by atoms with Crippen LogP contribution in [-0.2, 0) is 0 Å². The molecule has 10 nitrogen and oxygen atoms in total. The molecule has 0 bridgehead atoms. The molecule has 0 radical (unpaired) electrons. The van der Waals surface area contributed by atoms with Crippen LogP contribution in [0, 0.1) is 34.1 Å². The standard InChI is InChI=1S/C16H14N4O6/c1-8-4-3-5-12(14(8)15(17)21)18-16(22)11-6-10(19(23)24)7-13(9(11)2)20(25)26/h3-7H,1-2H3,(H2,17,21)(H,18,22). The van der Waals surface area contributed by atoms with Crippen molar-refractivity contribution in [2.24, 2.45) is 5.73 Å². The molecule has 0 spiro atoms. The Morgan fingerprint density at radius 3 is 2.27 bits per heavy atom. The second kappa shape index (κ2) is 6.97. The topological polar surface area (TPSA) is 158 Å². The van der Waals surface area contributed by atoms with Gasteiger partial charge in [-0.3, -0.25) is 29.8 Å². The maximum atomic E-state index is 12.6. The third-order valence-corrected chi connectivity index (χ3v) is 3.78. The van der Waals surface area contributed by atoms with Crippen LogP contribution in [0.5, 0.6) is 0 Å². The minimum absolute atomic E-state index is 0.0358. The van der Waals surface area contributed by atoms with Gasteiger partial charge in [0, 0.05) is 11.6 Å². The summed E-state index contributed by atoms with van der Waals surface area (Å²) < 4.78 is 0. The van der Waals surface area contributed by atoms with E-state index in [1.807, 2.05) is 0 Å². The number of nitrogens with one attached hydrogen (secondary N) is 1. The molecule has 2 aromatic carbocycles. The largest absolute Gasteiger partial charge is 0.366 e. The highest BCUT2D eigenvalue weighted by Crippen LogP contribution is 2.29. The number of carbonyl (C=O) groups excluding carboxylic acids is 2. The lowest BCUT2D eigenvalue weighted by molar-refractivity contribution is -0.394. The van der Waals surface area contributed by atoms with Crippen molar-refractivity contribution in [1.29, 1.82) is 0 Å². The number of nitro groups is 2. The van der Waals surface area contributed by atoms with E-state index in [1.54, 1.807) is 19.1 Å². The van der Waals surface area contributed by atoms with Crippen molar-refractivity contribution in [2.75, 3.05) is 5.32 Å². The molecule has 134 valence electrons. The first kappa shape index (κ1) is 18.5. The molecule has 26 heavy (non-hydrogen) atoms. The summed E-state index contributed by atoms with van der Waals surface area (Å²) in [5.74, 6) is -1.59. The molecule has 0 aliphatic carbocycles. The van der Waals surface area contributed by atoms with Gasteiger partial charge < -0.3 is 11.1 Å². The molecule has 10 heteroatoms. The Kier molecular flexibility index (Phi) is 4.96. The molecule has 2 amide bonds. The number of non-ortho nitro benzene ring substituents is 1. The molecule has 2 rings (SSSR count). The number of anilines is 1. The summed E-state index contributed by atoms with van der Waals surface area (Å²) >= 11 is 0. The quantitative estimate of drug-likeness (QED) is 0.617. The van der Waals surface area contributed by atoms with E-state index < -0.39 is 33.0 Å². The highest BCUT2D eigenvalue weighted by molar-refractivity contribution is 6.10. The fourth-order valence-corrected chi connectivity index (χ4v) is 2.50. The molecule has 0 aliphatic heterocycles. The Morgan fingerprint density at radius 2 is 1.73 bits per heavy atom. The summed E-state index contributed by atoms with van der Waals surface area (Å²) in [4.78, 5) is 44.6. The van der Waals surface area contributed by atoms with E-state index in [4.69, 9.17) is 5.73 Å². The minimum atomic E-state index is -0.831. The molecule has 0 atom stereocenters. The van der Waals surface area contributed by atoms with Crippen molar-refractivity contribution in [1.82, 2.24) is 0 Å². The third kappa shape index (κ3) is 3.48. The van der Waals surface area contributed by atoms with Crippen molar-refractivity contribution < 1.29 is 19.4 Å². The number of hydrogen-bond donors (Lipinski definition) is 2. The van der Waals surface area contributed by atoms with E-state index in [9.17, 15) is 29.8 Å². The summed E-state index contributed by atoms with van der Waals surface area (Å²) in [6.07, 6.45) is 0. The van der Waals surface area contributed by atoms with Gasteiger partial charge in [-0.2, -0.15) is 0 Å². The smallest absolute Gasteiger partial charge is 0.279 e. The van der Waals surface area contributed by atoms with E-state index in [0.29, 0.717) is 5.56 Å². The molecule has 0 saturated carbocycles. The predicted octanol–water partition coefficient (Wildman–Crippen LogP) is 2.47. The number of rotatable bonds is 5. The van der Waals surface area contributed by atoms with E-state index in [0.717, 1.165) is 12.1 Å². The lowest BCUT2D eigenvalue weighted by Crippen LogP contribution is -2.20. The first-order chi connectivity index (χ1) is 12.1. The van der Waals surface area contributed by atoms with Crippen molar-refractivity contribution >= 4 is 28.9 Å². The summed E-state index contributed by atoms with van der Waals surface area (Å²) in [5, 5.41) is 24.5. The highest BCUT2D eigenvalue weighted by atomic mass is 16.6. The number of benzene rings is 2. The summed E-state index contributed by atoms with van der Waals surface area (Å²) in [6, 6.07) is 6.37. The Morgan fingerprint density at radius 1 is 1.08 bits per heavy atom.